The van der Waals surface area contributed by atoms with E-state index in [1.807, 2.05) is 6.92 Å². The van der Waals surface area contributed by atoms with E-state index in [4.69, 9.17) is 4.74 Å². The predicted molar refractivity (Wildman–Crippen MR) is 118 cm³/mol. The lowest BCUT2D eigenvalue weighted by molar-refractivity contribution is -0.144. The topological polar surface area (TPSA) is 57.2 Å². The molecule has 1 fully saturated rings. The minimum absolute atomic E-state index is 0. The second kappa shape index (κ2) is 10.6. The average molecular weight is 474 g/mol. The quantitative estimate of drug-likeness (QED) is 0.315. The van der Waals surface area contributed by atoms with Gasteiger partial charge in [0.25, 0.3) is 0 Å². The van der Waals surface area contributed by atoms with Crippen molar-refractivity contribution in [3.63, 3.8) is 0 Å². The zero-order valence-electron chi connectivity index (χ0n) is 16.4. The van der Waals surface area contributed by atoms with E-state index in [-0.39, 0.29) is 35.9 Å². The van der Waals surface area contributed by atoms with Crippen LogP contribution in [0.3, 0.4) is 0 Å². The lowest BCUT2D eigenvalue weighted by atomic mass is 10.1. The molecule has 0 amide bonds. The van der Waals surface area contributed by atoms with Crippen molar-refractivity contribution >= 4 is 41.6 Å². The molecule has 0 bridgehead atoms. The van der Waals surface area contributed by atoms with Gasteiger partial charge in [-0.05, 0) is 31.0 Å². The van der Waals surface area contributed by atoms with Crippen LogP contribution >= 0.6 is 24.0 Å². The zero-order chi connectivity index (χ0) is 18.4. The number of ether oxygens (including phenoxy) is 1. The standard InChI is InChI=1S/C19H30N4O2.HI/c1-14-7-6-8-17(16(14)3)22-9-11-23(12-10-22)19(20-4)21-13-15(2)18(24)25-5;/h6-8,15H,9-13H2,1-5H3,(H,20,21);1H. The molecule has 1 heterocycles. The summed E-state index contributed by atoms with van der Waals surface area (Å²) in [6.45, 7) is 10.4. The van der Waals surface area contributed by atoms with Crippen LogP contribution in [0.2, 0.25) is 0 Å². The smallest absolute Gasteiger partial charge is 0.310 e. The van der Waals surface area contributed by atoms with Gasteiger partial charge >= 0.3 is 5.97 Å². The summed E-state index contributed by atoms with van der Waals surface area (Å²) < 4.78 is 4.77. The van der Waals surface area contributed by atoms with E-state index in [9.17, 15) is 4.79 Å². The van der Waals surface area contributed by atoms with E-state index in [1.165, 1.54) is 23.9 Å². The van der Waals surface area contributed by atoms with Crippen LogP contribution in [0, 0.1) is 19.8 Å². The number of hydrogen-bond donors (Lipinski definition) is 1. The van der Waals surface area contributed by atoms with E-state index in [0.29, 0.717) is 6.54 Å². The summed E-state index contributed by atoms with van der Waals surface area (Å²) in [4.78, 5) is 20.6. The Morgan fingerprint density at radius 2 is 1.92 bits per heavy atom. The molecule has 1 aliphatic rings. The van der Waals surface area contributed by atoms with Gasteiger partial charge < -0.3 is 19.9 Å². The van der Waals surface area contributed by atoms with Gasteiger partial charge in [-0.15, -0.1) is 24.0 Å². The molecule has 1 saturated heterocycles. The van der Waals surface area contributed by atoms with Crippen LogP contribution in [0.1, 0.15) is 18.1 Å². The van der Waals surface area contributed by atoms with Crippen molar-refractivity contribution in [2.75, 3.05) is 51.8 Å². The molecule has 1 aliphatic heterocycles. The zero-order valence-corrected chi connectivity index (χ0v) is 18.7. The summed E-state index contributed by atoms with van der Waals surface area (Å²) in [6.07, 6.45) is 0. The molecule has 1 unspecified atom stereocenters. The Balaban J connectivity index is 0.00000338. The molecule has 1 N–H and O–H groups in total. The number of hydrogen-bond acceptors (Lipinski definition) is 4. The Morgan fingerprint density at radius 1 is 1.27 bits per heavy atom. The molecule has 0 aliphatic carbocycles. The molecule has 146 valence electrons. The van der Waals surface area contributed by atoms with Crippen LogP contribution in [0.4, 0.5) is 5.69 Å². The predicted octanol–water partition coefficient (Wildman–Crippen LogP) is 2.43. The molecule has 0 saturated carbocycles. The minimum atomic E-state index is -0.206. The molecule has 0 spiro atoms. The fourth-order valence-corrected chi connectivity index (χ4v) is 3.10. The molecule has 7 heteroatoms. The van der Waals surface area contributed by atoms with Crippen molar-refractivity contribution in [3.8, 4) is 0 Å². The number of carbonyl (C=O) groups excluding carboxylic acids is 1. The van der Waals surface area contributed by atoms with E-state index in [0.717, 1.165) is 32.1 Å². The summed E-state index contributed by atoms with van der Waals surface area (Å²) in [5.74, 6) is 0.442. The number of methoxy groups -OCH3 is 1. The first-order valence-corrected chi connectivity index (χ1v) is 8.82. The van der Waals surface area contributed by atoms with Crippen molar-refractivity contribution in [2.45, 2.75) is 20.8 Å². The number of piperazine rings is 1. The van der Waals surface area contributed by atoms with Gasteiger partial charge in [-0.2, -0.15) is 0 Å². The number of anilines is 1. The van der Waals surface area contributed by atoms with Gasteiger partial charge in [0.15, 0.2) is 5.96 Å². The maximum Gasteiger partial charge on any atom is 0.310 e. The van der Waals surface area contributed by atoms with Gasteiger partial charge in [-0.3, -0.25) is 9.79 Å². The molecule has 1 aromatic carbocycles. The van der Waals surface area contributed by atoms with Crippen molar-refractivity contribution in [1.82, 2.24) is 10.2 Å². The second-order valence-electron chi connectivity index (χ2n) is 6.55. The fourth-order valence-electron chi connectivity index (χ4n) is 3.10. The first-order valence-electron chi connectivity index (χ1n) is 8.82. The number of benzene rings is 1. The Bertz CT molecular complexity index is 628. The number of guanidine groups is 1. The number of nitrogens with zero attached hydrogens (tertiary/aromatic N) is 3. The monoisotopic (exact) mass is 474 g/mol. The molecular formula is C19H31IN4O2. The van der Waals surface area contributed by atoms with Crippen molar-refractivity contribution in [1.29, 1.82) is 0 Å². The van der Waals surface area contributed by atoms with Crippen LogP contribution in [0.15, 0.2) is 23.2 Å². The molecular weight excluding hydrogens is 443 g/mol. The highest BCUT2D eigenvalue weighted by molar-refractivity contribution is 14.0. The van der Waals surface area contributed by atoms with E-state index in [1.54, 1.807) is 7.05 Å². The Kier molecular flexibility index (Phi) is 9.18. The summed E-state index contributed by atoms with van der Waals surface area (Å²) in [7, 11) is 3.20. The van der Waals surface area contributed by atoms with Crippen LogP contribution in [0.25, 0.3) is 0 Å². The number of carbonyl (C=O) groups is 1. The number of halogens is 1. The van der Waals surface area contributed by atoms with E-state index in [2.05, 4.69) is 52.2 Å². The van der Waals surface area contributed by atoms with Crippen LogP contribution < -0.4 is 10.2 Å². The molecule has 1 aromatic rings. The summed E-state index contributed by atoms with van der Waals surface area (Å²) in [6, 6.07) is 6.48. The van der Waals surface area contributed by atoms with Crippen molar-refractivity contribution < 1.29 is 9.53 Å². The second-order valence-corrected chi connectivity index (χ2v) is 6.55. The third-order valence-electron chi connectivity index (χ3n) is 4.88. The number of esters is 1. The van der Waals surface area contributed by atoms with Gasteiger partial charge in [0.05, 0.1) is 13.0 Å². The van der Waals surface area contributed by atoms with Gasteiger partial charge in [-0.25, -0.2) is 0 Å². The van der Waals surface area contributed by atoms with Crippen LogP contribution in [-0.2, 0) is 9.53 Å². The first kappa shape index (κ1) is 22.5. The Morgan fingerprint density at radius 3 is 2.50 bits per heavy atom. The average Bonchev–Trinajstić information content (AvgIpc) is 2.64. The fraction of sp³-hybridized carbons (Fsp3) is 0.579. The SMILES string of the molecule is CN=C(NCC(C)C(=O)OC)N1CCN(c2cccc(C)c2C)CC1.I. The highest BCUT2D eigenvalue weighted by Gasteiger charge is 2.22. The molecule has 1 atom stereocenters. The normalized spacial score (nSPS) is 16.0. The number of aliphatic imine (C=N–C) groups is 1. The highest BCUT2D eigenvalue weighted by atomic mass is 127. The Hall–Kier alpha value is -1.51. The number of rotatable bonds is 4. The summed E-state index contributed by atoms with van der Waals surface area (Å²) >= 11 is 0. The van der Waals surface area contributed by atoms with Gasteiger partial charge in [-0.1, -0.05) is 19.1 Å². The van der Waals surface area contributed by atoms with Crippen LogP contribution in [0.5, 0.6) is 0 Å². The summed E-state index contributed by atoms with van der Waals surface area (Å²) in [5, 5.41) is 3.29. The molecule has 0 aromatic heterocycles. The summed E-state index contributed by atoms with van der Waals surface area (Å²) in [5.41, 5.74) is 4.00. The van der Waals surface area contributed by atoms with Crippen molar-refractivity contribution in [2.24, 2.45) is 10.9 Å². The van der Waals surface area contributed by atoms with E-state index < -0.39 is 0 Å². The number of aryl methyl sites for hydroxylation is 1. The Labute approximate surface area is 174 Å². The third-order valence-corrected chi connectivity index (χ3v) is 4.88. The molecule has 0 radical (unpaired) electrons. The number of nitrogens with one attached hydrogen (secondary N) is 1. The van der Waals surface area contributed by atoms with Gasteiger partial charge in [0, 0.05) is 45.5 Å². The van der Waals surface area contributed by atoms with Crippen molar-refractivity contribution in [3.05, 3.63) is 29.3 Å². The molecule has 26 heavy (non-hydrogen) atoms. The molecule has 2 rings (SSSR count). The largest absolute Gasteiger partial charge is 0.469 e. The lowest BCUT2D eigenvalue weighted by Gasteiger charge is -2.38. The maximum absolute atomic E-state index is 11.5. The van der Waals surface area contributed by atoms with Gasteiger partial charge in [0.2, 0.25) is 0 Å². The maximum atomic E-state index is 11.5. The third kappa shape index (κ3) is 5.49. The first-order chi connectivity index (χ1) is 12.0. The minimum Gasteiger partial charge on any atom is -0.469 e. The highest BCUT2D eigenvalue weighted by Crippen LogP contribution is 2.23. The van der Waals surface area contributed by atoms with Crippen LogP contribution in [-0.4, -0.2) is 63.7 Å². The van der Waals surface area contributed by atoms with E-state index >= 15 is 0 Å². The van der Waals surface area contributed by atoms with Gasteiger partial charge in [0.1, 0.15) is 0 Å². The lowest BCUT2D eigenvalue weighted by Crippen LogP contribution is -2.53. The molecule has 6 nitrogen and oxygen atoms in total.